The number of nitrogens with zero attached hydrogens (tertiary/aromatic N) is 1. The number of carbonyl (C=O) groups excluding carboxylic acids is 2. The first kappa shape index (κ1) is 21.1. The van der Waals surface area contributed by atoms with Crippen molar-refractivity contribution in [2.75, 3.05) is 25.6 Å². The molecule has 0 radical (unpaired) electrons. The molecule has 146 valence electrons. The maximum Gasteiger partial charge on any atom is 0.264 e. The molecule has 0 spiro atoms. The lowest BCUT2D eigenvalue weighted by molar-refractivity contribution is -0.123. The summed E-state index contributed by atoms with van der Waals surface area (Å²) in [5, 5.41) is 3.61. The molecule has 1 heterocycles. The van der Waals surface area contributed by atoms with Gasteiger partial charge in [0, 0.05) is 25.6 Å². The van der Waals surface area contributed by atoms with Crippen LogP contribution in [0.25, 0.3) is 0 Å². The highest BCUT2D eigenvalue weighted by Crippen LogP contribution is 2.29. The quantitative estimate of drug-likeness (QED) is 0.768. The zero-order chi connectivity index (χ0) is 20.0. The number of aryl methyl sites for hydroxylation is 1. The average Bonchev–Trinajstić information content (AvgIpc) is 2.98. The summed E-state index contributed by atoms with van der Waals surface area (Å²) in [6, 6.07) is 11.7. The van der Waals surface area contributed by atoms with E-state index in [0.29, 0.717) is 29.6 Å². The lowest BCUT2D eigenvalue weighted by Crippen LogP contribution is -2.33. The van der Waals surface area contributed by atoms with E-state index >= 15 is 0 Å². The minimum Gasteiger partial charge on any atom is -0.383 e. The Bertz CT molecular complexity index is 778. The normalized spacial score (nSPS) is 11.3. The Balaban J connectivity index is 2.20. The lowest BCUT2D eigenvalue weighted by Gasteiger charge is -2.22. The number of amides is 2. The number of anilines is 1. The third-order valence-electron chi connectivity index (χ3n) is 4.10. The molecule has 0 saturated carbocycles. The Hall–Kier alpha value is -2.18. The summed E-state index contributed by atoms with van der Waals surface area (Å²) in [6.07, 6.45) is 0. The highest BCUT2D eigenvalue weighted by Gasteiger charge is 2.24. The molecule has 1 aromatic carbocycles. The molecule has 0 bridgehead atoms. The zero-order valence-corrected chi connectivity index (χ0v) is 17.5. The van der Waals surface area contributed by atoms with Crippen LogP contribution in [0.15, 0.2) is 36.4 Å². The molecule has 0 unspecified atom stereocenters. The monoisotopic (exact) mass is 388 g/mol. The van der Waals surface area contributed by atoms with Crippen LogP contribution in [-0.2, 0) is 16.1 Å². The number of thiophene rings is 1. The molecule has 27 heavy (non-hydrogen) atoms. The van der Waals surface area contributed by atoms with E-state index in [4.69, 9.17) is 4.74 Å². The summed E-state index contributed by atoms with van der Waals surface area (Å²) in [4.78, 5) is 27.8. The van der Waals surface area contributed by atoms with Crippen molar-refractivity contribution >= 4 is 28.2 Å². The Kier molecular flexibility index (Phi) is 7.16. The molecule has 5 nitrogen and oxygen atoms in total. The average molecular weight is 389 g/mol. The van der Waals surface area contributed by atoms with Crippen molar-refractivity contribution in [3.05, 3.63) is 52.4 Å². The second kappa shape index (κ2) is 9.15. The van der Waals surface area contributed by atoms with Crippen molar-refractivity contribution in [2.24, 2.45) is 5.41 Å². The maximum absolute atomic E-state index is 13.1. The van der Waals surface area contributed by atoms with Gasteiger partial charge in [-0.15, -0.1) is 11.3 Å². The number of ether oxygens (including phenoxy) is 1. The van der Waals surface area contributed by atoms with Crippen molar-refractivity contribution < 1.29 is 14.3 Å². The van der Waals surface area contributed by atoms with Gasteiger partial charge in [0.2, 0.25) is 5.91 Å². The number of hydrogen-bond donors (Lipinski definition) is 1. The highest BCUT2D eigenvalue weighted by molar-refractivity contribution is 7.18. The first-order chi connectivity index (χ1) is 12.7. The van der Waals surface area contributed by atoms with Gasteiger partial charge in [0.05, 0.1) is 16.5 Å². The molecule has 2 amide bonds. The number of hydrogen-bond acceptors (Lipinski definition) is 4. The Morgan fingerprint density at radius 3 is 2.44 bits per heavy atom. The van der Waals surface area contributed by atoms with Crippen LogP contribution in [0.4, 0.5) is 5.00 Å². The van der Waals surface area contributed by atoms with Gasteiger partial charge in [-0.25, -0.2) is 0 Å². The van der Waals surface area contributed by atoms with Crippen molar-refractivity contribution in [3.63, 3.8) is 0 Å². The minimum absolute atomic E-state index is 0.0466. The van der Waals surface area contributed by atoms with Gasteiger partial charge in [-0.05, 0) is 24.1 Å². The molecule has 0 aliphatic carbocycles. The van der Waals surface area contributed by atoms with E-state index in [9.17, 15) is 9.59 Å². The maximum atomic E-state index is 13.1. The first-order valence-corrected chi connectivity index (χ1v) is 9.78. The van der Waals surface area contributed by atoms with Crippen LogP contribution in [0, 0.1) is 12.3 Å². The van der Waals surface area contributed by atoms with Gasteiger partial charge in [-0.3, -0.25) is 9.59 Å². The Labute approximate surface area is 165 Å². The number of rotatable bonds is 7. The van der Waals surface area contributed by atoms with E-state index in [-0.39, 0.29) is 11.8 Å². The van der Waals surface area contributed by atoms with E-state index < -0.39 is 5.41 Å². The SMILES string of the molecule is COCCN(Cc1ccccc1)C(=O)c1sc(NC(=O)C(C)(C)C)cc1C. The molecule has 2 rings (SSSR count). The molecule has 0 fully saturated rings. The fourth-order valence-corrected chi connectivity index (χ4v) is 3.49. The van der Waals surface area contributed by atoms with Gasteiger partial charge in [0.15, 0.2) is 0 Å². The second-order valence-electron chi connectivity index (χ2n) is 7.53. The summed E-state index contributed by atoms with van der Waals surface area (Å²) in [5.74, 6) is -0.113. The summed E-state index contributed by atoms with van der Waals surface area (Å²) < 4.78 is 5.17. The summed E-state index contributed by atoms with van der Waals surface area (Å²) in [6.45, 7) is 8.98. The summed E-state index contributed by atoms with van der Waals surface area (Å²) >= 11 is 1.32. The smallest absolute Gasteiger partial charge is 0.264 e. The van der Waals surface area contributed by atoms with Crippen LogP contribution >= 0.6 is 11.3 Å². The second-order valence-corrected chi connectivity index (χ2v) is 8.58. The number of nitrogens with one attached hydrogen (secondary N) is 1. The van der Waals surface area contributed by atoms with Gasteiger partial charge in [-0.2, -0.15) is 0 Å². The largest absolute Gasteiger partial charge is 0.383 e. The molecule has 0 aliphatic heterocycles. The molecule has 0 saturated heterocycles. The van der Waals surface area contributed by atoms with Crippen molar-refractivity contribution in [3.8, 4) is 0 Å². The van der Waals surface area contributed by atoms with Gasteiger partial charge >= 0.3 is 0 Å². The predicted molar refractivity (Wildman–Crippen MR) is 110 cm³/mol. The van der Waals surface area contributed by atoms with Crippen LogP contribution in [0.5, 0.6) is 0 Å². The topological polar surface area (TPSA) is 58.6 Å². The van der Waals surface area contributed by atoms with Crippen molar-refractivity contribution in [1.82, 2.24) is 4.90 Å². The van der Waals surface area contributed by atoms with E-state index in [1.54, 1.807) is 12.0 Å². The molecule has 2 aromatic rings. The van der Waals surface area contributed by atoms with E-state index in [1.165, 1.54) is 11.3 Å². The highest BCUT2D eigenvalue weighted by atomic mass is 32.1. The van der Waals surface area contributed by atoms with Crippen LogP contribution in [0.1, 0.15) is 41.6 Å². The Morgan fingerprint density at radius 2 is 1.85 bits per heavy atom. The third-order valence-corrected chi connectivity index (χ3v) is 5.24. The Morgan fingerprint density at radius 1 is 1.19 bits per heavy atom. The van der Waals surface area contributed by atoms with Gasteiger partial charge < -0.3 is 15.0 Å². The zero-order valence-electron chi connectivity index (χ0n) is 16.7. The predicted octanol–water partition coefficient (Wildman–Crippen LogP) is 4.33. The van der Waals surface area contributed by atoms with Crippen LogP contribution in [0.3, 0.4) is 0 Å². The number of benzene rings is 1. The van der Waals surface area contributed by atoms with Crippen molar-refractivity contribution in [2.45, 2.75) is 34.2 Å². The fraction of sp³-hybridized carbons (Fsp3) is 0.429. The van der Waals surface area contributed by atoms with Crippen LogP contribution in [-0.4, -0.2) is 37.0 Å². The van der Waals surface area contributed by atoms with Crippen molar-refractivity contribution in [1.29, 1.82) is 0 Å². The van der Waals surface area contributed by atoms with Crippen LogP contribution < -0.4 is 5.32 Å². The third kappa shape index (κ3) is 5.91. The molecule has 0 atom stereocenters. The molecule has 6 heteroatoms. The van der Waals surface area contributed by atoms with E-state index in [0.717, 1.165) is 11.1 Å². The molecule has 0 aliphatic rings. The van der Waals surface area contributed by atoms with E-state index in [2.05, 4.69) is 5.32 Å². The van der Waals surface area contributed by atoms with E-state index in [1.807, 2.05) is 64.1 Å². The minimum atomic E-state index is -0.486. The van der Waals surface area contributed by atoms with Crippen LogP contribution in [0.2, 0.25) is 0 Å². The lowest BCUT2D eigenvalue weighted by atomic mass is 9.96. The molecule has 1 aromatic heterocycles. The molecule has 1 N–H and O–H groups in total. The van der Waals surface area contributed by atoms with Gasteiger partial charge in [0.25, 0.3) is 5.91 Å². The van der Waals surface area contributed by atoms with Gasteiger partial charge in [0.1, 0.15) is 0 Å². The standard InChI is InChI=1S/C21H28N2O3S/c1-15-13-17(22-20(25)21(2,3)4)27-18(15)19(24)23(11-12-26-5)14-16-9-7-6-8-10-16/h6-10,13H,11-12,14H2,1-5H3,(H,22,25). The number of methoxy groups -OCH3 is 1. The number of carbonyl (C=O) groups is 2. The summed E-state index contributed by atoms with van der Waals surface area (Å²) in [7, 11) is 1.63. The fourth-order valence-electron chi connectivity index (χ4n) is 2.46. The molecular formula is C21H28N2O3S. The van der Waals surface area contributed by atoms with Gasteiger partial charge in [-0.1, -0.05) is 51.1 Å². The first-order valence-electron chi connectivity index (χ1n) is 8.96. The molecular weight excluding hydrogens is 360 g/mol. The summed E-state index contributed by atoms with van der Waals surface area (Å²) in [5.41, 5.74) is 1.45.